The minimum absolute atomic E-state index is 0.0268. The maximum atomic E-state index is 5.87. The van der Waals surface area contributed by atoms with Crippen molar-refractivity contribution in [1.82, 2.24) is 0 Å². The van der Waals surface area contributed by atoms with Crippen LogP contribution >= 0.6 is 0 Å². The van der Waals surface area contributed by atoms with Gasteiger partial charge in [0.1, 0.15) is 0 Å². The summed E-state index contributed by atoms with van der Waals surface area (Å²) in [6, 6.07) is 0. The maximum Gasteiger partial charge on any atom is 0.0991 e. The highest BCUT2D eigenvalue weighted by Gasteiger charge is 2.45. The standard InChI is InChI=1S/C11H22N2/c1-10(2,3)9(12)13-7-8-6-11(8,4)5/h8H,6-7H2,1-5H3,(H2,12,13). The molecule has 0 aliphatic heterocycles. The molecule has 1 saturated carbocycles. The van der Waals surface area contributed by atoms with Gasteiger partial charge in [-0.3, -0.25) is 4.99 Å². The van der Waals surface area contributed by atoms with Crippen LogP contribution in [0.25, 0.3) is 0 Å². The van der Waals surface area contributed by atoms with Crippen molar-refractivity contribution < 1.29 is 0 Å². The Kier molecular flexibility index (Phi) is 2.44. The molecule has 0 heterocycles. The molecule has 1 atom stereocenters. The third-order valence-electron chi connectivity index (χ3n) is 2.97. The first-order valence-corrected chi connectivity index (χ1v) is 5.04. The van der Waals surface area contributed by atoms with E-state index in [0.717, 1.165) is 18.3 Å². The highest BCUT2D eigenvalue weighted by molar-refractivity contribution is 5.85. The smallest absolute Gasteiger partial charge is 0.0991 e. The predicted octanol–water partition coefficient (Wildman–Crippen LogP) is 2.44. The minimum atomic E-state index is 0.0268. The second-order valence-corrected chi connectivity index (χ2v) is 5.87. The lowest BCUT2D eigenvalue weighted by atomic mass is 9.95. The van der Waals surface area contributed by atoms with Crippen molar-refractivity contribution in [3.8, 4) is 0 Å². The van der Waals surface area contributed by atoms with E-state index in [4.69, 9.17) is 5.73 Å². The molecular formula is C11H22N2. The van der Waals surface area contributed by atoms with Crippen molar-refractivity contribution in [1.29, 1.82) is 0 Å². The summed E-state index contributed by atoms with van der Waals surface area (Å²) in [5.41, 5.74) is 6.41. The average Bonchev–Trinajstić information content (AvgIpc) is 2.52. The molecule has 0 aromatic rings. The molecule has 0 aromatic heterocycles. The van der Waals surface area contributed by atoms with Gasteiger partial charge in [-0.05, 0) is 17.8 Å². The highest BCUT2D eigenvalue weighted by Crippen LogP contribution is 2.51. The van der Waals surface area contributed by atoms with Crippen molar-refractivity contribution in [3.63, 3.8) is 0 Å². The first-order valence-electron chi connectivity index (χ1n) is 5.04. The molecule has 2 N–H and O–H groups in total. The summed E-state index contributed by atoms with van der Waals surface area (Å²) >= 11 is 0. The number of hydrogen-bond acceptors (Lipinski definition) is 1. The van der Waals surface area contributed by atoms with Gasteiger partial charge in [0.2, 0.25) is 0 Å². The van der Waals surface area contributed by atoms with Crippen LogP contribution in [0.5, 0.6) is 0 Å². The van der Waals surface area contributed by atoms with E-state index in [1.54, 1.807) is 0 Å². The Balaban J connectivity index is 2.42. The summed E-state index contributed by atoms with van der Waals surface area (Å²) in [5.74, 6) is 1.54. The van der Waals surface area contributed by atoms with Crippen LogP contribution in [0, 0.1) is 16.7 Å². The Hall–Kier alpha value is -0.530. The molecule has 2 heteroatoms. The van der Waals surface area contributed by atoms with Gasteiger partial charge >= 0.3 is 0 Å². The summed E-state index contributed by atoms with van der Waals surface area (Å²) in [6.45, 7) is 11.8. The van der Waals surface area contributed by atoms with Gasteiger partial charge < -0.3 is 5.73 Å². The van der Waals surface area contributed by atoms with Crippen molar-refractivity contribution in [2.75, 3.05) is 6.54 Å². The Morgan fingerprint density at radius 3 is 2.23 bits per heavy atom. The van der Waals surface area contributed by atoms with Gasteiger partial charge in [-0.2, -0.15) is 0 Å². The van der Waals surface area contributed by atoms with Gasteiger partial charge in [-0.25, -0.2) is 0 Å². The predicted molar refractivity (Wildman–Crippen MR) is 57.8 cm³/mol. The summed E-state index contributed by atoms with van der Waals surface area (Å²) < 4.78 is 0. The quantitative estimate of drug-likeness (QED) is 0.517. The Labute approximate surface area is 81.6 Å². The van der Waals surface area contributed by atoms with Crippen LogP contribution in [0.3, 0.4) is 0 Å². The zero-order valence-corrected chi connectivity index (χ0v) is 9.52. The summed E-state index contributed by atoms with van der Waals surface area (Å²) in [4.78, 5) is 4.45. The molecule has 1 aliphatic carbocycles. The molecule has 1 fully saturated rings. The third-order valence-corrected chi connectivity index (χ3v) is 2.97. The van der Waals surface area contributed by atoms with E-state index in [0.29, 0.717) is 5.41 Å². The van der Waals surface area contributed by atoms with Crippen LogP contribution in [0.2, 0.25) is 0 Å². The lowest BCUT2D eigenvalue weighted by molar-refractivity contribution is 0.552. The molecule has 76 valence electrons. The van der Waals surface area contributed by atoms with E-state index in [9.17, 15) is 0 Å². The normalized spacial score (nSPS) is 27.5. The maximum absolute atomic E-state index is 5.87. The van der Waals surface area contributed by atoms with E-state index < -0.39 is 0 Å². The molecule has 0 spiro atoms. The van der Waals surface area contributed by atoms with Gasteiger partial charge in [-0.15, -0.1) is 0 Å². The number of aliphatic imine (C=N–C) groups is 1. The topological polar surface area (TPSA) is 38.4 Å². The van der Waals surface area contributed by atoms with Crippen molar-refractivity contribution in [2.24, 2.45) is 27.5 Å². The lowest BCUT2D eigenvalue weighted by Gasteiger charge is -2.17. The van der Waals surface area contributed by atoms with Crippen LogP contribution in [0.4, 0.5) is 0 Å². The van der Waals surface area contributed by atoms with E-state index >= 15 is 0 Å². The molecule has 0 radical (unpaired) electrons. The molecular weight excluding hydrogens is 160 g/mol. The lowest BCUT2D eigenvalue weighted by Crippen LogP contribution is -2.29. The molecule has 1 rings (SSSR count). The summed E-state index contributed by atoms with van der Waals surface area (Å²) in [7, 11) is 0. The van der Waals surface area contributed by atoms with Crippen LogP contribution < -0.4 is 5.73 Å². The average molecular weight is 182 g/mol. The van der Waals surface area contributed by atoms with Gasteiger partial charge in [0.05, 0.1) is 5.84 Å². The molecule has 0 saturated heterocycles. The highest BCUT2D eigenvalue weighted by atomic mass is 14.9. The zero-order valence-electron chi connectivity index (χ0n) is 9.52. The fourth-order valence-corrected chi connectivity index (χ4v) is 1.33. The van der Waals surface area contributed by atoms with Crippen LogP contribution in [0.15, 0.2) is 4.99 Å². The van der Waals surface area contributed by atoms with Gasteiger partial charge in [0, 0.05) is 12.0 Å². The van der Waals surface area contributed by atoms with E-state index in [1.165, 1.54) is 6.42 Å². The number of nitrogens with zero attached hydrogens (tertiary/aromatic N) is 1. The SMILES string of the molecule is CC(C)(C)C(N)=NCC1CC1(C)C. The number of amidine groups is 1. The van der Waals surface area contributed by atoms with Gasteiger partial charge in [-0.1, -0.05) is 34.6 Å². The van der Waals surface area contributed by atoms with E-state index in [-0.39, 0.29) is 5.41 Å². The molecule has 13 heavy (non-hydrogen) atoms. The van der Waals surface area contributed by atoms with Gasteiger partial charge in [0.15, 0.2) is 0 Å². The first-order chi connectivity index (χ1) is 5.73. The van der Waals surface area contributed by atoms with Crippen molar-refractivity contribution in [3.05, 3.63) is 0 Å². The molecule has 1 unspecified atom stereocenters. The molecule has 0 amide bonds. The van der Waals surface area contributed by atoms with Gasteiger partial charge in [0.25, 0.3) is 0 Å². The molecule has 0 aromatic carbocycles. The monoisotopic (exact) mass is 182 g/mol. The van der Waals surface area contributed by atoms with Crippen molar-refractivity contribution >= 4 is 5.84 Å². The van der Waals surface area contributed by atoms with Crippen LogP contribution in [-0.2, 0) is 0 Å². The Bertz CT molecular complexity index is 221. The fraction of sp³-hybridized carbons (Fsp3) is 0.909. The minimum Gasteiger partial charge on any atom is -0.387 e. The van der Waals surface area contributed by atoms with Crippen LogP contribution in [-0.4, -0.2) is 12.4 Å². The fourth-order valence-electron chi connectivity index (χ4n) is 1.33. The molecule has 0 bridgehead atoms. The third kappa shape index (κ3) is 2.71. The first kappa shape index (κ1) is 10.6. The Morgan fingerprint density at radius 2 is 1.92 bits per heavy atom. The summed E-state index contributed by atoms with van der Waals surface area (Å²) in [6.07, 6.45) is 1.30. The molecule has 2 nitrogen and oxygen atoms in total. The largest absolute Gasteiger partial charge is 0.387 e. The molecule has 1 aliphatic rings. The number of rotatable bonds is 2. The number of nitrogens with two attached hydrogens (primary N) is 1. The number of hydrogen-bond donors (Lipinski definition) is 1. The second kappa shape index (κ2) is 3.00. The Morgan fingerprint density at radius 1 is 1.46 bits per heavy atom. The van der Waals surface area contributed by atoms with E-state index in [1.807, 2.05) is 0 Å². The van der Waals surface area contributed by atoms with Crippen molar-refractivity contribution in [2.45, 2.75) is 41.0 Å². The van der Waals surface area contributed by atoms with Crippen LogP contribution in [0.1, 0.15) is 41.0 Å². The second-order valence-electron chi connectivity index (χ2n) is 5.87. The summed E-state index contributed by atoms with van der Waals surface area (Å²) in [5, 5.41) is 0. The zero-order chi connectivity index (χ0) is 10.3. The van der Waals surface area contributed by atoms with E-state index in [2.05, 4.69) is 39.6 Å².